The monoisotopic (exact) mass is 469 g/mol. The van der Waals surface area contributed by atoms with Crippen molar-refractivity contribution in [1.29, 1.82) is 0 Å². The van der Waals surface area contributed by atoms with Gasteiger partial charge in [0.15, 0.2) is 0 Å². The summed E-state index contributed by atoms with van der Waals surface area (Å²) in [6.45, 7) is 1.30. The van der Waals surface area contributed by atoms with Crippen molar-refractivity contribution in [3.8, 4) is 0 Å². The van der Waals surface area contributed by atoms with Crippen LogP contribution in [0.1, 0.15) is 18.9 Å². The maximum atomic E-state index is 13.3. The number of carbonyl (C=O) groups is 2. The van der Waals surface area contributed by atoms with E-state index in [1.54, 1.807) is 6.92 Å². The summed E-state index contributed by atoms with van der Waals surface area (Å²) in [6.07, 6.45) is 0.320. The normalized spacial score (nSPS) is 12.5. The molecule has 0 heterocycles. The third kappa shape index (κ3) is 6.25. The molecule has 31 heavy (non-hydrogen) atoms. The summed E-state index contributed by atoms with van der Waals surface area (Å²) in [7, 11) is -1.19. The van der Waals surface area contributed by atoms with Gasteiger partial charge in [0.1, 0.15) is 11.9 Å². The Labute approximate surface area is 186 Å². The first kappa shape index (κ1) is 24.8. The number of rotatable bonds is 9. The summed E-state index contributed by atoms with van der Waals surface area (Å²) in [5.41, 5.74) is 0.611. The third-order valence-electron chi connectivity index (χ3n) is 4.78. The summed E-state index contributed by atoms with van der Waals surface area (Å²) < 4.78 is 39.8. The molecular formula is C21H25ClFN3O4S. The molecule has 0 aliphatic heterocycles. The van der Waals surface area contributed by atoms with Crippen molar-refractivity contribution in [2.75, 3.05) is 20.6 Å². The van der Waals surface area contributed by atoms with E-state index < -0.39 is 34.3 Å². The van der Waals surface area contributed by atoms with Crippen LogP contribution in [0.5, 0.6) is 0 Å². The number of likely N-dealkylation sites (N-methyl/N-ethyl adjacent to an activating group) is 2. The first-order valence-corrected chi connectivity index (χ1v) is 11.4. The van der Waals surface area contributed by atoms with E-state index >= 15 is 0 Å². The fourth-order valence-electron chi connectivity index (χ4n) is 3.03. The summed E-state index contributed by atoms with van der Waals surface area (Å²) in [5, 5.41) is 2.91. The van der Waals surface area contributed by atoms with E-state index in [1.807, 2.05) is 0 Å². The van der Waals surface area contributed by atoms with Gasteiger partial charge in [-0.05, 0) is 48.4 Å². The molecule has 2 aromatic rings. The van der Waals surface area contributed by atoms with E-state index in [0.717, 1.165) is 4.31 Å². The second-order valence-electron chi connectivity index (χ2n) is 6.90. The number of halogens is 2. The lowest BCUT2D eigenvalue weighted by Crippen LogP contribution is -2.51. The molecule has 7 nitrogen and oxygen atoms in total. The van der Waals surface area contributed by atoms with E-state index in [4.69, 9.17) is 11.6 Å². The zero-order chi connectivity index (χ0) is 23.2. The lowest BCUT2D eigenvalue weighted by atomic mass is 10.1. The van der Waals surface area contributed by atoms with Crippen molar-refractivity contribution in [3.05, 3.63) is 64.9 Å². The predicted octanol–water partition coefficient (Wildman–Crippen LogP) is 2.65. The molecule has 0 unspecified atom stereocenters. The molecule has 2 aromatic carbocycles. The van der Waals surface area contributed by atoms with Gasteiger partial charge >= 0.3 is 0 Å². The second-order valence-corrected chi connectivity index (χ2v) is 9.38. The van der Waals surface area contributed by atoms with Gasteiger partial charge in [0.25, 0.3) is 0 Å². The summed E-state index contributed by atoms with van der Waals surface area (Å²) >= 11 is 5.82. The van der Waals surface area contributed by atoms with Crippen molar-refractivity contribution in [1.82, 2.24) is 14.5 Å². The number of hydrogen-bond donors (Lipinski definition) is 1. The molecule has 1 atom stereocenters. The largest absolute Gasteiger partial charge is 0.357 e. The van der Waals surface area contributed by atoms with Gasteiger partial charge in [-0.1, -0.05) is 30.7 Å². The Bertz CT molecular complexity index is 1010. The lowest BCUT2D eigenvalue weighted by molar-refractivity contribution is -0.141. The van der Waals surface area contributed by atoms with Crippen LogP contribution in [-0.2, 0) is 26.2 Å². The number of amides is 2. The van der Waals surface area contributed by atoms with Gasteiger partial charge in [0.2, 0.25) is 21.8 Å². The van der Waals surface area contributed by atoms with Crippen molar-refractivity contribution < 1.29 is 22.4 Å². The maximum Gasteiger partial charge on any atom is 0.243 e. The van der Waals surface area contributed by atoms with Crippen LogP contribution in [0.2, 0.25) is 5.02 Å². The number of carbonyl (C=O) groups excluding carboxylic acids is 2. The van der Waals surface area contributed by atoms with E-state index in [9.17, 15) is 22.4 Å². The molecule has 1 N–H and O–H groups in total. The van der Waals surface area contributed by atoms with Gasteiger partial charge < -0.3 is 10.2 Å². The fraction of sp³-hybridized carbons (Fsp3) is 0.333. The van der Waals surface area contributed by atoms with Crippen LogP contribution >= 0.6 is 11.6 Å². The van der Waals surface area contributed by atoms with Crippen LogP contribution < -0.4 is 5.32 Å². The van der Waals surface area contributed by atoms with Crippen molar-refractivity contribution in [2.24, 2.45) is 0 Å². The van der Waals surface area contributed by atoms with Gasteiger partial charge in [-0.2, -0.15) is 4.31 Å². The van der Waals surface area contributed by atoms with Crippen LogP contribution in [-0.4, -0.2) is 56.1 Å². The molecule has 0 aliphatic rings. The summed E-state index contributed by atoms with van der Waals surface area (Å²) in [5.74, 6) is -1.35. The molecule has 2 amide bonds. The first-order valence-electron chi connectivity index (χ1n) is 9.57. The molecule has 0 aromatic heterocycles. The number of nitrogens with one attached hydrogen (secondary N) is 1. The standard InChI is InChI=1S/C21H25ClFN3O4S/c1-4-19(21(28)24-2)26(13-15-5-9-17(23)10-6-15)20(27)14-25(3)31(29,30)18-11-7-16(22)8-12-18/h5-12,19H,4,13-14H2,1-3H3,(H,24,28)/t19-/m0/s1. The average Bonchev–Trinajstić information content (AvgIpc) is 2.74. The highest BCUT2D eigenvalue weighted by Crippen LogP contribution is 2.19. The SMILES string of the molecule is CC[C@@H](C(=O)NC)N(Cc1ccc(F)cc1)C(=O)CN(C)S(=O)(=O)c1ccc(Cl)cc1. The quantitative estimate of drug-likeness (QED) is 0.611. The van der Waals surface area contributed by atoms with Crippen molar-refractivity contribution >= 4 is 33.4 Å². The molecule has 10 heteroatoms. The molecule has 168 valence electrons. The first-order chi connectivity index (χ1) is 14.6. The van der Waals surface area contributed by atoms with Crippen molar-refractivity contribution in [3.63, 3.8) is 0 Å². The Hall–Kier alpha value is -2.49. The molecule has 0 saturated heterocycles. The lowest BCUT2D eigenvalue weighted by Gasteiger charge is -2.31. The minimum Gasteiger partial charge on any atom is -0.357 e. The molecule has 0 saturated carbocycles. The average molecular weight is 470 g/mol. The summed E-state index contributed by atoms with van der Waals surface area (Å²) in [6, 6.07) is 10.3. The van der Waals surface area contributed by atoms with Crippen LogP contribution in [0.4, 0.5) is 4.39 Å². The molecule has 0 bridgehead atoms. The molecule has 0 aliphatic carbocycles. The number of benzene rings is 2. The number of nitrogens with zero attached hydrogens (tertiary/aromatic N) is 2. The Morgan fingerprint density at radius 1 is 1.10 bits per heavy atom. The van der Waals surface area contributed by atoms with Crippen molar-refractivity contribution in [2.45, 2.75) is 30.8 Å². The minimum atomic E-state index is -3.94. The molecule has 0 fully saturated rings. The predicted molar refractivity (Wildman–Crippen MR) is 116 cm³/mol. The van der Waals surface area contributed by atoms with Gasteiger partial charge in [-0.3, -0.25) is 9.59 Å². The highest BCUT2D eigenvalue weighted by Gasteiger charge is 2.31. The molecule has 0 radical (unpaired) electrons. The fourth-order valence-corrected chi connectivity index (χ4v) is 4.27. The van der Waals surface area contributed by atoms with Crippen LogP contribution in [0.15, 0.2) is 53.4 Å². The maximum absolute atomic E-state index is 13.3. The zero-order valence-corrected chi connectivity index (χ0v) is 19.1. The third-order valence-corrected chi connectivity index (χ3v) is 6.85. The van der Waals surface area contributed by atoms with Crippen LogP contribution in [0.3, 0.4) is 0 Å². The Kier molecular flexibility index (Phi) is 8.55. The smallest absolute Gasteiger partial charge is 0.243 e. The van der Waals surface area contributed by atoms with Gasteiger partial charge in [-0.15, -0.1) is 0 Å². The Morgan fingerprint density at radius 2 is 1.68 bits per heavy atom. The molecule has 0 spiro atoms. The number of hydrogen-bond acceptors (Lipinski definition) is 4. The van der Waals surface area contributed by atoms with Crippen LogP contribution in [0.25, 0.3) is 0 Å². The Morgan fingerprint density at radius 3 is 2.19 bits per heavy atom. The van der Waals surface area contributed by atoms with Gasteiger partial charge in [0, 0.05) is 25.7 Å². The van der Waals surface area contributed by atoms with Crippen LogP contribution in [0, 0.1) is 5.82 Å². The minimum absolute atomic E-state index is 0.00405. The highest BCUT2D eigenvalue weighted by molar-refractivity contribution is 7.89. The molecule has 2 rings (SSSR count). The summed E-state index contributed by atoms with van der Waals surface area (Å²) in [4.78, 5) is 26.8. The van der Waals surface area contributed by atoms with E-state index in [-0.39, 0.29) is 17.3 Å². The van der Waals surface area contributed by atoms with E-state index in [1.165, 1.54) is 67.5 Å². The van der Waals surface area contributed by atoms with E-state index in [0.29, 0.717) is 17.0 Å². The Balaban J connectivity index is 2.29. The molecular weight excluding hydrogens is 445 g/mol. The zero-order valence-electron chi connectivity index (χ0n) is 17.5. The number of sulfonamides is 1. The van der Waals surface area contributed by atoms with Gasteiger partial charge in [-0.25, -0.2) is 12.8 Å². The second kappa shape index (κ2) is 10.7. The topological polar surface area (TPSA) is 86.8 Å². The highest BCUT2D eigenvalue weighted by atomic mass is 35.5. The van der Waals surface area contributed by atoms with E-state index in [2.05, 4.69) is 5.32 Å². The van der Waals surface area contributed by atoms with Gasteiger partial charge in [0.05, 0.1) is 11.4 Å².